The summed E-state index contributed by atoms with van der Waals surface area (Å²) in [6.45, 7) is 3.98. The zero-order valence-electron chi connectivity index (χ0n) is 9.68. The van der Waals surface area contributed by atoms with E-state index in [1.54, 1.807) is 0 Å². The number of nitrogens with one attached hydrogen (secondary N) is 1. The quantitative estimate of drug-likeness (QED) is 0.601. The zero-order valence-corrected chi connectivity index (χ0v) is 8.68. The Morgan fingerprint density at radius 3 is 2.38 bits per heavy atom. The van der Waals surface area contributed by atoms with Crippen LogP contribution in [-0.4, -0.2) is 19.0 Å². The van der Waals surface area contributed by atoms with Crippen molar-refractivity contribution in [2.75, 3.05) is 13.1 Å². The third kappa shape index (κ3) is 7.78. The Hall–Kier alpha value is -0.570. The highest BCUT2D eigenvalue weighted by molar-refractivity contribution is 5.75. The topological polar surface area (TPSA) is 55.1 Å². The van der Waals surface area contributed by atoms with Crippen LogP contribution in [0.3, 0.4) is 0 Å². The summed E-state index contributed by atoms with van der Waals surface area (Å²) in [5, 5.41) is 2.84. The number of primary amides is 1. The SMILES string of the molecule is [2H][C@H](NCC(N)=O)C(CCC)CCC. The summed E-state index contributed by atoms with van der Waals surface area (Å²) >= 11 is 0. The molecule has 0 aliphatic rings. The number of carbonyl (C=O) groups is 1. The van der Waals surface area contributed by atoms with E-state index in [9.17, 15) is 4.79 Å². The summed E-state index contributed by atoms with van der Waals surface area (Å²) in [7, 11) is 0. The molecule has 3 N–H and O–H groups in total. The fourth-order valence-corrected chi connectivity index (χ4v) is 1.38. The molecular formula is C10H22N2O. The van der Waals surface area contributed by atoms with Crippen LogP contribution in [0, 0.1) is 5.92 Å². The van der Waals surface area contributed by atoms with Gasteiger partial charge in [-0.3, -0.25) is 4.79 Å². The molecule has 0 saturated heterocycles. The molecule has 78 valence electrons. The van der Waals surface area contributed by atoms with E-state index in [4.69, 9.17) is 7.10 Å². The summed E-state index contributed by atoms with van der Waals surface area (Å²) in [5.74, 6) is -0.0571. The Kier molecular flexibility index (Phi) is 6.51. The molecule has 0 aliphatic carbocycles. The van der Waals surface area contributed by atoms with Crippen molar-refractivity contribution in [1.29, 1.82) is 0 Å². The molecule has 0 saturated carbocycles. The van der Waals surface area contributed by atoms with E-state index in [2.05, 4.69) is 19.2 Å². The highest BCUT2D eigenvalue weighted by Gasteiger charge is 2.05. The van der Waals surface area contributed by atoms with Gasteiger partial charge in [-0.2, -0.15) is 0 Å². The molecule has 13 heavy (non-hydrogen) atoms. The smallest absolute Gasteiger partial charge is 0.231 e. The maximum atomic E-state index is 10.5. The maximum Gasteiger partial charge on any atom is 0.231 e. The first-order chi connectivity index (χ1) is 6.61. The van der Waals surface area contributed by atoms with Crippen molar-refractivity contribution >= 4 is 5.91 Å². The van der Waals surface area contributed by atoms with Crippen LogP contribution in [0.2, 0.25) is 0 Å². The minimum atomic E-state index is -0.394. The van der Waals surface area contributed by atoms with Gasteiger partial charge in [0.05, 0.1) is 6.54 Å². The van der Waals surface area contributed by atoms with Crippen LogP contribution in [0.15, 0.2) is 0 Å². The van der Waals surface area contributed by atoms with Crippen molar-refractivity contribution in [3.05, 3.63) is 0 Å². The van der Waals surface area contributed by atoms with Crippen molar-refractivity contribution in [3.8, 4) is 0 Å². The van der Waals surface area contributed by atoms with Crippen molar-refractivity contribution in [1.82, 2.24) is 5.32 Å². The Bertz CT molecular complexity index is 158. The Morgan fingerprint density at radius 2 is 2.00 bits per heavy atom. The number of nitrogens with two attached hydrogens (primary N) is 1. The molecule has 0 aromatic rings. The summed E-state index contributed by atoms with van der Waals surface area (Å²) in [6.07, 6.45) is 4.23. The molecule has 0 rings (SSSR count). The van der Waals surface area contributed by atoms with E-state index in [1.165, 1.54) is 0 Å². The first-order valence-corrected chi connectivity index (χ1v) is 5.05. The van der Waals surface area contributed by atoms with Crippen molar-refractivity contribution in [2.45, 2.75) is 39.5 Å². The molecule has 0 radical (unpaired) electrons. The van der Waals surface area contributed by atoms with Crippen LogP contribution >= 0.6 is 0 Å². The van der Waals surface area contributed by atoms with E-state index in [0.717, 1.165) is 25.7 Å². The first kappa shape index (κ1) is 10.5. The lowest BCUT2D eigenvalue weighted by Gasteiger charge is -2.14. The van der Waals surface area contributed by atoms with Gasteiger partial charge in [0.2, 0.25) is 5.91 Å². The Morgan fingerprint density at radius 1 is 1.46 bits per heavy atom. The van der Waals surface area contributed by atoms with Gasteiger partial charge in [0.15, 0.2) is 0 Å². The molecule has 0 aliphatic heterocycles. The fraction of sp³-hybridized carbons (Fsp3) is 0.900. The van der Waals surface area contributed by atoms with Gasteiger partial charge in [-0.15, -0.1) is 0 Å². The molecule has 0 aromatic heterocycles. The lowest BCUT2D eigenvalue weighted by molar-refractivity contribution is -0.117. The van der Waals surface area contributed by atoms with Gasteiger partial charge in [-0.05, 0) is 25.3 Å². The second-order valence-electron chi connectivity index (χ2n) is 3.35. The molecule has 0 unspecified atom stereocenters. The molecule has 0 fully saturated rings. The van der Waals surface area contributed by atoms with Crippen LogP contribution in [-0.2, 0) is 4.79 Å². The van der Waals surface area contributed by atoms with Crippen LogP contribution in [0.5, 0.6) is 0 Å². The number of carbonyl (C=O) groups excluding carboxylic acids is 1. The molecule has 0 aromatic carbocycles. The third-order valence-corrected chi connectivity index (χ3v) is 1.95. The average Bonchev–Trinajstić information content (AvgIpc) is 2.14. The van der Waals surface area contributed by atoms with Gasteiger partial charge in [0, 0.05) is 1.37 Å². The molecule has 0 heterocycles. The minimum Gasteiger partial charge on any atom is -0.369 e. The highest BCUT2D eigenvalue weighted by atomic mass is 16.1. The number of hydrogen-bond donors (Lipinski definition) is 2. The minimum absolute atomic E-state index is 0.109. The van der Waals surface area contributed by atoms with Gasteiger partial charge < -0.3 is 11.1 Å². The third-order valence-electron chi connectivity index (χ3n) is 1.95. The maximum absolute atomic E-state index is 10.5. The highest BCUT2D eigenvalue weighted by Crippen LogP contribution is 2.11. The van der Waals surface area contributed by atoms with Gasteiger partial charge in [0.1, 0.15) is 0 Å². The molecule has 1 amide bonds. The zero-order chi connectivity index (χ0) is 11.0. The van der Waals surface area contributed by atoms with Crippen molar-refractivity contribution < 1.29 is 6.17 Å². The predicted molar refractivity (Wildman–Crippen MR) is 55.4 cm³/mol. The number of amides is 1. The van der Waals surface area contributed by atoms with Gasteiger partial charge in [-0.1, -0.05) is 26.7 Å². The summed E-state index contributed by atoms with van der Waals surface area (Å²) in [4.78, 5) is 10.5. The van der Waals surface area contributed by atoms with E-state index in [1.807, 2.05) is 0 Å². The molecule has 3 heteroatoms. The summed E-state index contributed by atoms with van der Waals surface area (Å²) < 4.78 is 7.81. The fourth-order valence-electron chi connectivity index (χ4n) is 1.38. The normalized spacial score (nSPS) is 14.2. The van der Waals surface area contributed by atoms with Crippen LogP contribution in [0.4, 0.5) is 0 Å². The Balaban J connectivity index is 3.86. The average molecular weight is 187 g/mol. The van der Waals surface area contributed by atoms with Crippen LogP contribution in [0.25, 0.3) is 0 Å². The number of rotatable bonds is 8. The molecule has 3 nitrogen and oxygen atoms in total. The largest absolute Gasteiger partial charge is 0.369 e. The molecular weight excluding hydrogens is 164 g/mol. The van der Waals surface area contributed by atoms with Crippen molar-refractivity contribution in [3.63, 3.8) is 0 Å². The predicted octanol–water partition coefficient (Wildman–Crippen LogP) is 1.28. The Labute approximate surface area is 82.5 Å². The summed E-state index contributed by atoms with van der Waals surface area (Å²) in [5.41, 5.74) is 5.00. The van der Waals surface area contributed by atoms with E-state index >= 15 is 0 Å². The van der Waals surface area contributed by atoms with Gasteiger partial charge >= 0.3 is 0 Å². The van der Waals surface area contributed by atoms with Crippen molar-refractivity contribution in [2.24, 2.45) is 11.7 Å². The van der Waals surface area contributed by atoms with Gasteiger partial charge in [-0.25, -0.2) is 0 Å². The number of hydrogen-bond acceptors (Lipinski definition) is 2. The summed E-state index contributed by atoms with van der Waals surface area (Å²) in [6, 6.07) is 0. The van der Waals surface area contributed by atoms with Gasteiger partial charge in [0.25, 0.3) is 0 Å². The molecule has 0 bridgehead atoms. The van der Waals surface area contributed by atoms with Crippen LogP contribution in [0.1, 0.15) is 40.9 Å². The van der Waals surface area contributed by atoms with E-state index in [-0.39, 0.29) is 13.1 Å². The molecule has 1 atom stereocenters. The van der Waals surface area contributed by atoms with E-state index in [0.29, 0.717) is 5.92 Å². The monoisotopic (exact) mass is 187 g/mol. The molecule has 0 spiro atoms. The second-order valence-corrected chi connectivity index (χ2v) is 3.35. The second kappa shape index (κ2) is 8.05. The van der Waals surface area contributed by atoms with E-state index < -0.39 is 5.91 Å². The lowest BCUT2D eigenvalue weighted by Crippen LogP contribution is -2.32. The lowest BCUT2D eigenvalue weighted by atomic mass is 9.98. The first-order valence-electron chi connectivity index (χ1n) is 5.63. The standard InChI is InChI=1S/C10H22N2O/c1-3-5-9(6-4-2)7-12-8-10(11)13/h9,12H,3-8H2,1-2H3,(H2,11,13)/i7D/t7-/m0/s1. The van der Waals surface area contributed by atoms with Crippen LogP contribution < -0.4 is 11.1 Å².